The molecule has 146 valence electrons. The minimum Gasteiger partial charge on any atom is -0.443 e. The van der Waals surface area contributed by atoms with E-state index in [4.69, 9.17) is 27.9 Å². The summed E-state index contributed by atoms with van der Waals surface area (Å²) in [6.45, 7) is 5.77. The number of hydrogen-bond acceptors (Lipinski definition) is 6. The molecule has 0 atom stereocenters. The lowest BCUT2D eigenvalue weighted by Crippen LogP contribution is -2.42. The van der Waals surface area contributed by atoms with Crippen molar-refractivity contribution in [1.29, 1.82) is 10.5 Å². The zero-order valence-electron chi connectivity index (χ0n) is 15.6. The minimum atomic E-state index is -0.659. The lowest BCUT2D eigenvalue weighted by atomic mass is 10.1. The van der Waals surface area contributed by atoms with Gasteiger partial charge < -0.3 is 4.74 Å². The van der Waals surface area contributed by atoms with E-state index >= 15 is 0 Å². The molecule has 1 heterocycles. The molecule has 1 aliphatic heterocycles. The van der Waals surface area contributed by atoms with Gasteiger partial charge in [-0.15, -0.1) is 0 Å². The van der Waals surface area contributed by atoms with Crippen LogP contribution in [0.3, 0.4) is 0 Å². The highest BCUT2D eigenvalue weighted by Gasteiger charge is 2.29. The molecule has 28 heavy (non-hydrogen) atoms. The Kier molecular flexibility index (Phi) is 7.37. The minimum absolute atomic E-state index is 0.104. The summed E-state index contributed by atoms with van der Waals surface area (Å²) in [4.78, 5) is 18.5. The first kappa shape index (κ1) is 22.1. The predicted molar refractivity (Wildman–Crippen MR) is 112 cm³/mol. The van der Waals surface area contributed by atoms with Crippen molar-refractivity contribution in [3.8, 4) is 12.1 Å². The Morgan fingerprint density at radius 3 is 2.36 bits per heavy atom. The first-order chi connectivity index (χ1) is 13.1. The number of ether oxygens (including phenoxy) is 1. The number of amides is 1. The lowest BCUT2D eigenvalue weighted by molar-refractivity contribution is 0.0373. The van der Waals surface area contributed by atoms with Crippen molar-refractivity contribution >= 4 is 51.9 Å². The van der Waals surface area contributed by atoms with Crippen LogP contribution in [0.2, 0.25) is 10.0 Å². The fourth-order valence-electron chi connectivity index (χ4n) is 2.32. The Labute approximate surface area is 178 Å². The third-order valence-corrected chi connectivity index (χ3v) is 4.90. The molecule has 1 aromatic carbocycles. The van der Waals surface area contributed by atoms with Gasteiger partial charge in [0.15, 0.2) is 10.7 Å². The van der Waals surface area contributed by atoms with Gasteiger partial charge in [0, 0.05) is 27.9 Å². The van der Waals surface area contributed by atoms with Crippen LogP contribution >= 0.6 is 35.0 Å². The van der Waals surface area contributed by atoms with E-state index in [1.807, 2.05) is 12.1 Å². The number of halogens is 2. The monoisotopic (exact) mass is 436 g/mol. The van der Waals surface area contributed by atoms with Gasteiger partial charge in [0.25, 0.3) is 0 Å². The van der Waals surface area contributed by atoms with Crippen molar-refractivity contribution < 1.29 is 9.53 Å². The van der Waals surface area contributed by atoms with Crippen LogP contribution in [-0.4, -0.2) is 34.1 Å². The summed E-state index contributed by atoms with van der Waals surface area (Å²) in [5.41, 5.74) is -0.347. The number of benzene rings is 1. The van der Waals surface area contributed by atoms with Crippen molar-refractivity contribution in [2.45, 2.75) is 32.8 Å². The number of carbonyl (C=O) groups excluding carboxylic acids is 1. The maximum absolute atomic E-state index is 12.6. The molecule has 0 N–H and O–H groups in total. The molecule has 1 aromatic rings. The molecule has 0 radical (unpaired) electrons. The third kappa shape index (κ3) is 5.90. The zero-order chi connectivity index (χ0) is 20.9. The van der Waals surface area contributed by atoms with Gasteiger partial charge in [-0.1, -0.05) is 35.0 Å². The fraction of sp³-hybridized carbons (Fsp3) is 0.368. The Morgan fingerprint density at radius 2 is 1.82 bits per heavy atom. The number of amidine groups is 1. The van der Waals surface area contributed by atoms with E-state index in [1.165, 1.54) is 22.7 Å². The van der Waals surface area contributed by atoms with Crippen LogP contribution < -0.4 is 0 Å². The molecular formula is C19H18Cl2N4O2S. The molecule has 2 rings (SSSR count). The van der Waals surface area contributed by atoms with Gasteiger partial charge >= 0.3 is 6.09 Å². The molecule has 0 unspecified atom stereocenters. The van der Waals surface area contributed by atoms with Gasteiger partial charge in [-0.05, 0) is 45.4 Å². The topological polar surface area (TPSA) is 89.5 Å². The summed E-state index contributed by atoms with van der Waals surface area (Å²) in [6, 6.07) is 8.35. The zero-order valence-corrected chi connectivity index (χ0v) is 18.0. The normalized spacial score (nSPS) is 15.5. The summed E-state index contributed by atoms with van der Waals surface area (Å²) in [7, 11) is 0. The van der Waals surface area contributed by atoms with Crippen LogP contribution in [0.15, 0.2) is 28.8 Å². The first-order valence-corrected chi connectivity index (χ1v) is 10.1. The number of nitriles is 2. The molecule has 0 aliphatic carbocycles. The van der Waals surface area contributed by atoms with Gasteiger partial charge in [0.1, 0.15) is 23.4 Å². The van der Waals surface area contributed by atoms with Gasteiger partial charge in [0.05, 0.1) is 0 Å². The van der Waals surface area contributed by atoms with E-state index in [9.17, 15) is 15.3 Å². The van der Waals surface area contributed by atoms with E-state index in [0.717, 1.165) is 12.2 Å². The largest absolute Gasteiger partial charge is 0.443 e. The van der Waals surface area contributed by atoms with Crippen molar-refractivity contribution in [2.75, 3.05) is 12.3 Å². The second-order valence-electron chi connectivity index (χ2n) is 6.83. The second-order valence-corrected chi connectivity index (χ2v) is 8.77. The SMILES string of the molecule is CC(C)(C)OC(=O)N1CCCSC1=NC(=C(C#N)C#N)c1cc(Cl)cc(Cl)c1. The van der Waals surface area contributed by atoms with Crippen molar-refractivity contribution in [3.05, 3.63) is 39.4 Å². The number of aliphatic imine (C=N–C) groups is 1. The smallest absolute Gasteiger partial charge is 0.416 e. The lowest BCUT2D eigenvalue weighted by Gasteiger charge is -2.30. The Hall–Kier alpha value is -2.19. The summed E-state index contributed by atoms with van der Waals surface area (Å²) in [5, 5.41) is 19.8. The molecule has 1 aliphatic rings. The van der Waals surface area contributed by atoms with Gasteiger partial charge in [-0.3, -0.25) is 4.90 Å². The van der Waals surface area contributed by atoms with E-state index in [-0.39, 0.29) is 11.3 Å². The molecule has 1 saturated heterocycles. The van der Waals surface area contributed by atoms with Crippen LogP contribution in [0.4, 0.5) is 4.79 Å². The summed E-state index contributed by atoms with van der Waals surface area (Å²) in [6.07, 6.45) is 0.242. The van der Waals surface area contributed by atoms with Crippen LogP contribution in [0.25, 0.3) is 5.70 Å². The Bertz CT molecular complexity index is 887. The van der Waals surface area contributed by atoms with Crippen molar-refractivity contribution in [1.82, 2.24) is 4.90 Å². The maximum Gasteiger partial charge on any atom is 0.416 e. The average molecular weight is 437 g/mol. The third-order valence-electron chi connectivity index (χ3n) is 3.41. The van der Waals surface area contributed by atoms with E-state index < -0.39 is 11.7 Å². The number of allylic oxidation sites excluding steroid dienone is 1. The van der Waals surface area contributed by atoms with Crippen LogP contribution in [0, 0.1) is 22.7 Å². The van der Waals surface area contributed by atoms with Gasteiger partial charge in [0.2, 0.25) is 0 Å². The number of thioether (sulfide) groups is 1. The summed E-state index contributed by atoms with van der Waals surface area (Å²) < 4.78 is 5.45. The van der Waals surface area contributed by atoms with Gasteiger partial charge in [-0.2, -0.15) is 10.5 Å². The molecule has 1 fully saturated rings. The molecule has 0 bridgehead atoms. The van der Waals surface area contributed by atoms with Crippen molar-refractivity contribution in [3.63, 3.8) is 0 Å². The average Bonchev–Trinajstić information content (AvgIpc) is 2.60. The number of rotatable bonds is 2. The highest BCUT2D eigenvalue weighted by atomic mass is 35.5. The number of nitrogens with zero attached hydrogens (tertiary/aromatic N) is 4. The summed E-state index contributed by atoms with van der Waals surface area (Å²) in [5.74, 6) is 0.746. The Balaban J connectivity index is 2.55. The standard InChI is InChI=1S/C19H18Cl2N4O2S/c1-19(2,3)27-18(26)25-5-4-6-28-17(25)24-16(13(10-22)11-23)12-7-14(20)9-15(21)8-12/h7-9H,4-6H2,1-3H3. The highest BCUT2D eigenvalue weighted by Crippen LogP contribution is 2.30. The first-order valence-electron chi connectivity index (χ1n) is 8.37. The predicted octanol–water partition coefficient (Wildman–Crippen LogP) is 5.48. The van der Waals surface area contributed by atoms with E-state index in [2.05, 4.69) is 4.99 Å². The molecular weight excluding hydrogens is 419 g/mol. The molecule has 1 amide bonds. The molecule has 9 heteroatoms. The fourth-order valence-corrected chi connectivity index (χ4v) is 3.78. The van der Waals surface area contributed by atoms with Crippen LogP contribution in [0.1, 0.15) is 32.8 Å². The van der Waals surface area contributed by atoms with Gasteiger partial charge in [-0.25, -0.2) is 9.79 Å². The van der Waals surface area contributed by atoms with Crippen LogP contribution in [-0.2, 0) is 4.74 Å². The van der Waals surface area contributed by atoms with E-state index in [1.54, 1.807) is 32.9 Å². The highest BCUT2D eigenvalue weighted by molar-refractivity contribution is 8.13. The second kappa shape index (κ2) is 9.34. The van der Waals surface area contributed by atoms with Crippen molar-refractivity contribution in [2.24, 2.45) is 4.99 Å². The molecule has 0 spiro atoms. The Morgan fingerprint density at radius 1 is 1.21 bits per heavy atom. The number of carbonyl (C=O) groups is 1. The van der Waals surface area contributed by atoms with E-state index in [0.29, 0.717) is 27.3 Å². The maximum atomic E-state index is 12.6. The molecule has 0 saturated carbocycles. The number of hydrogen-bond donors (Lipinski definition) is 0. The quantitative estimate of drug-likeness (QED) is 0.572. The molecule has 0 aromatic heterocycles. The van der Waals surface area contributed by atoms with Crippen LogP contribution in [0.5, 0.6) is 0 Å². The summed E-state index contributed by atoms with van der Waals surface area (Å²) >= 11 is 13.5. The molecule has 6 nitrogen and oxygen atoms in total.